The molecule has 7 atom stereocenters. The highest BCUT2D eigenvalue weighted by Gasteiger charge is 2.49. The summed E-state index contributed by atoms with van der Waals surface area (Å²) in [7, 11) is 3.91. The van der Waals surface area contributed by atoms with E-state index in [0.717, 1.165) is 51.5 Å². The third-order valence-electron chi connectivity index (χ3n) is 6.47. The van der Waals surface area contributed by atoms with Gasteiger partial charge in [0.25, 0.3) is 0 Å². The number of carbonyl (C=O) groups excluding carboxylic acids is 1. The summed E-state index contributed by atoms with van der Waals surface area (Å²) in [5.74, 6) is 0.189. The lowest BCUT2D eigenvalue weighted by Crippen LogP contribution is -2.24. The Hall–Kier alpha value is -0.470. The number of unbranched alkanes of at least 4 members (excludes halogenated alkanes) is 2. The molecule has 2 aliphatic rings. The summed E-state index contributed by atoms with van der Waals surface area (Å²) in [6.07, 6.45) is 10.9. The summed E-state index contributed by atoms with van der Waals surface area (Å²) >= 11 is 3.76. The first-order valence-electron chi connectivity index (χ1n) is 12.0. The molecule has 2 unspecified atom stereocenters. The van der Waals surface area contributed by atoms with Gasteiger partial charge < -0.3 is 24.6 Å². The van der Waals surface area contributed by atoms with Gasteiger partial charge in [-0.25, -0.2) is 0 Å². The number of likely N-dealkylation sites (N-methyl/N-ethyl adjacent to an activating group) is 1. The van der Waals surface area contributed by atoms with Crippen molar-refractivity contribution in [2.24, 2.45) is 11.8 Å². The summed E-state index contributed by atoms with van der Waals surface area (Å²) in [6, 6.07) is 0. The number of esters is 1. The molecule has 2 fully saturated rings. The zero-order valence-corrected chi connectivity index (χ0v) is 21.0. The van der Waals surface area contributed by atoms with Crippen LogP contribution in [-0.4, -0.2) is 77.6 Å². The molecule has 0 bridgehead atoms. The molecule has 0 aromatic carbocycles. The summed E-state index contributed by atoms with van der Waals surface area (Å²) in [5.41, 5.74) is 0. The van der Waals surface area contributed by atoms with E-state index in [0.29, 0.717) is 19.4 Å². The number of hydrogen-bond donors (Lipinski definition) is 2. The van der Waals surface area contributed by atoms with Crippen molar-refractivity contribution in [1.82, 2.24) is 4.90 Å². The number of rotatable bonds is 14. The fourth-order valence-corrected chi connectivity index (χ4v) is 5.28. The minimum Gasteiger partial charge on any atom is -0.464 e. The number of carbonyl (C=O) groups is 1. The Labute approximate surface area is 196 Å². The number of aliphatic hydroxyl groups excluding tert-OH is 2. The molecule has 31 heavy (non-hydrogen) atoms. The lowest BCUT2D eigenvalue weighted by molar-refractivity contribution is -0.144. The van der Waals surface area contributed by atoms with Crippen LogP contribution in [0.4, 0.5) is 0 Å². The van der Waals surface area contributed by atoms with Gasteiger partial charge in [-0.15, -0.1) is 0 Å². The van der Waals surface area contributed by atoms with Crippen molar-refractivity contribution in [1.29, 1.82) is 0 Å². The van der Waals surface area contributed by atoms with Crippen molar-refractivity contribution in [3.63, 3.8) is 0 Å². The molecule has 1 saturated carbocycles. The Bertz CT molecular complexity index is 558. The molecule has 0 spiro atoms. The van der Waals surface area contributed by atoms with Crippen LogP contribution < -0.4 is 0 Å². The van der Waals surface area contributed by atoms with E-state index in [-0.39, 0.29) is 34.8 Å². The van der Waals surface area contributed by atoms with E-state index >= 15 is 0 Å². The molecule has 1 saturated heterocycles. The van der Waals surface area contributed by atoms with Crippen LogP contribution in [0.2, 0.25) is 0 Å². The topological polar surface area (TPSA) is 79.2 Å². The fraction of sp³-hybridized carbons (Fsp3) is 0.875. The van der Waals surface area contributed by atoms with Gasteiger partial charge >= 0.3 is 5.97 Å². The van der Waals surface area contributed by atoms with Crippen molar-refractivity contribution in [2.45, 2.75) is 94.0 Å². The summed E-state index contributed by atoms with van der Waals surface area (Å²) in [6.45, 7) is 3.33. The first-order valence-corrected chi connectivity index (χ1v) is 12.9. The highest BCUT2D eigenvalue weighted by atomic mass is 79.9. The Morgan fingerprint density at radius 1 is 1.26 bits per heavy atom. The zero-order chi connectivity index (χ0) is 22.8. The van der Waals surface area contributed by atoms with Gasteiger partial charge in [-0.3, -0.25) is 4.79 Å². The van der Waals surface area contributed by atoms with E-state index < -0.39 is 12.2 Å². The van der Waals surface area contributed by atoms with E-state index in [2.05, 4.69) is 22.9 Å². The van der Waals surface area contributed by atoms with Crippen LogP contribution in [0.1, 0.15) is 64.7 Å². The van der Waals surface area contributed by atoms with Gasteiger partial charge in [-0.2, -0.15) is 0 Å². The Kier molecular flexibility index (Phi) is 12.0. The molecule has 180 valence electrons. The number of ether oxygens (including phenoxy) is 2. The van der Waals surface area contributed by atoms with Crippen molar-refractivity contribution < 1.29 is 24.5 Å². The number of alkyl halides is 1. The number of nitrogens with zero attached hydrogens (tertiary/aromatic N) is 1. The van der Waals surface area contributed by atoms with Crippen LogP contribution in [0.15, 0.2) is 12.2 Å². The molecule has 1 aliphatic carbocycles. The SMILES string of the molecule is CCCCC[C@H](O)/C=C/[C@@H]1[C@H]2CC(C(Br)CCCC(=O)OCCN(C)C)O[C@@H]2C[C@H]1O. The first kappa shape index (κ1) is 26.8. The lowest BCUT2D eigenvalue weighted by Gasteiger charge is -2.21. The van der Waals surface area contributed by atoms with Crippen molar-refractivity contribution in [2.75, 3.05) is 27.2 Å². The van der Waals surface area contributed by atoms with Crippen LogP contribution in [-0.2, 0) is 14.3 Å². The van der Waals surface area contributed by atoms with E-state index in [9.17, 15) is 15.0 Å². The normalized spacial score (nSPS) is 30.1. The second kappa shape index (κ2) is 13.9. The van der Waals surface area contributed by atoms with Gasteiger partial charge in [-0.05, 0) is 45.7 Å². The number of fused-ring (bicyclic) bond motifs is 1. The van der Waals surface area contributed by atoms with Gasteiger partial charge in [0.05, 0.1) is 24.4 Å². The molecule has 6 nitrogen and oxygen atoms in total. The van der Waals surface area contributed by atoms with Gasteiger partial charge in [-0.1, -0.05) is 54.3 Å². The monoisotopic (exact) mass is 503 g/mol. The maximum absolute atomic E-state index is 11.8. The number of hydrogen-bond acceptors (Lipinski definition) is 6. The molecular weight excluding hydrogens is 462 g/mol. The molecule has 1 aliphatic heterocycles. The van der Waals surface area contributed by atoms with Crippen LogP contribution >= 0.6 is 15.9 Å². The molecule has 1 heterocycles. The van der Waals surface area contributed by atoms with Gasteiger partial charge in [0.2, 0.25) is 0 Å². The summed E-state index contributed by atoms with van der Waals surface area (Å²) < 4.78 is 11.5. The van der Waals surface area contributed by atoms with Crippen molar-refractivity contribution in [3.05, 3.63) is 12.2 Å². The van der Waals surface area contributed by atoms with Gasteiger partial charge in [0.1, 0.15) is 6.61 Å². The maximum atomic E-state index is 11.8. The van der Waals surface area contributed by atoms with Crippen LogP contribution in [0.3, 0.4) is 0 Å². The van der Waals surface area contributed by atoms with E-state index in [1.165, 1.54) is 0 Å². The van der Waals surface area contributed by atoms with Gasteiger partial charge in [0, 0.05) is 30.1 Å². The van der Waals surface area contributed by atoms with Crippen LogP contribution in [0.25, 0.3) is 0 Å². The summed E-state index contributed by atoms with van der Waals surface area (Å²) in [4.78, 5) is 14.0. The molecule has 0 aromatic heterocycles. The van der Waals surface area contributed by atoms with Crippen molar-refractivity contribution in [3.8, 4) is 0 Å². The Morgan fingerprint density at radius 2 is 2.03 bits per heavy atom. The number of aliphatic hydroxyl groups is 2. The van der Waals surface area contributed by atoms with Crippen LogP contribution in [0.5, 0.6) is 0 Å². The third kappa shape index (κ3) is 9.12. The van der Waals surface area contributed by atoms with Crippen molar-refractivity contribution >= 4 is 21.9 Å². The minimum absolute atomic E-state index is 0.0437. The van der Waals surface area contributed by atoms with Gasteiger partial charge in [0.15, 0.2) is 0 Å². The first-order chi connectivity index (χ1) is 14.8. The smallest absolute Gasteiger partial charge is 0.305 e. The third-order valence-corrected chi connectivity index (χ3v) is 7.52. The van der Waals surface area contributed by atoms with E-state index in [1.807, 2.05) is 31.1 Å². The molecule has 0 aromatic rings. The molecule has 0 amide bonds. The standard InChI is InChI=1S/C24H42BrNO5/c1-4-5-6-8-17(27)11-12-18-19-15-23(31-22(19)16-21(18)28)20(25)9-7-10-24(29)30-14-13-26(2)3/h11-12,17-23,27-28H,4-10,13-16H2,1-3H3/b12-11+/t17-,18+,19+,20?,21+,22+,23?/m0/s1. The second-order valence-corrected chi connectivity index (χ2v) is 10.5. The highest BCUT2D eigenvalue weighted by Crippen LogP contribution is 2.46. The maximum Gasteiger partial charge on any atom is 0.305 e. The largest absolute Gasteiger partial charge is 0.464 e. The fourth-order valence-electron chi connectivity index (χ4n) is 4.62. The molecule has 0 radical (unpaired) electrons. The molecule has 7 heteroatoms. The lowest BCUT2D eigenvalue weighted by atomic mass is 9.89. The van der Waals surface area contributed by atoms with E-state index in [4.69, 9.17) is 9.47 Å². The second-order valence-electron chi connectivity index (χ2n) is 9.37. The minimum atomic E-state index is -0.433. The Morgan fingerprint density at radius 3 is 2.74 bits per heavy atom. The Balaban J connectivity index is 1.72. The van der Waals surface area contributed by atoms with E-state index in [1.54, 1.807) is 0 Å². The molecular formula is C24H42BrNO5. The number of halogens is 1. The quantitative estimate of drug-likeness (QED) is 0.163. The zero-order valence-electron chi connectivity index (χ0n) is 19.4. The molecule has 2 N–H and O–H groups in total. The summed E-state index contributed by atoms with van der Waals surface area (Å²) in [5, 5.41) is 20.7. The average Bonchev–Trinajstić information content (AvgIpc) is 3.23. The predicted molar refractivity (Wildman–Crippen MR) is 126 cm³/mol. The molecule has 2 rings (SSSR count). The van der Waals surface area contributed by atoms with Crippen LogP contribution in [0, 0.1) is 11.8 Å². The predicted octanol–water partition coefficient (Wildman–Crippen LogP) is 3.68. The average molecular weight is 505 g/mol. The highest BCUT2D eigenvalue weighted by molar-refractivity contribution is 9.09.